The molecule has 1 aliphatic heterocycles. The molecule has 0 saturated heterocycles. The third kappa shape index (κ3) is 1.45. The van der Waals surface area contributed by atoms with E-state index >= 15 is 0 Å². The molecular weight excluding hydrogens is 169 g/mol. The summed E-state index contributed by atoms with van der Waals surface area (Å²) in [5.41, 5.74) is 7.66. The van der Waals surface area contributed by atoms with Crippen LogP contribution in [0.2, 0.25) is 0 Å². The Morgan fingerprint density at radius 2 is 2.23 bits per heavy atom. The monoisotopic (exact) mass is 181 g/mol. The lowest BCUT2D eigenvalue weighted by Gasteiger charge is -2.27. The fourth-order valence-electron chi connectivity index (χ4n) is 1.66. The third-order valence-electron chi connectivity index (χ3n) is 2.41. The zero-order chi connectivity index (χ0) is 9.42. The minimum atomic E-state index is -0.233. The molecule has 1 heterocycles. The number of rotatable bonds is 0. The molecule has 0 unspecified atom stereocenters. The van der Waals surface area contributed by atoms with Gasteiger partial charge < -0.3 is 10.5 Å². The molecule has 2 nitrogen and oxygen atoms in total. The maximum atomic E-state index is 12.9. The van der Waals surface area contributed by atoms with E-state index in [1.807, 2.05) is 6.92 Å². The number of ether oxygens (including phenoxy) is 1. The molecule has 0 bridgehead atoms. The Labute approximate surface area is 76.5 Å². The van der Waals surface area contributed by atoms with Crippen molar-refractivity contribution in [2.45, 2.75) is 19.1 Å². The molecule has 2 atom stereocenters. The van der Waals surface area contributed by atoms with E-state index in [1.165, 1.54) is 12.1 Å². The van der Waals surface area contributed by atoms with Crippen molar-refractivity contribution in [1.82, 2.24) is 0 Å². The fourth-order valence-corrected chi connectivity index (χ4v) is 1.66. The van der Waals surface area contributed by atoms with Gasteiger partial charge in [-0.2, -0.15) is 0 Å². The van der Waals surface area contributed by atoms with Crippen LogP contribution in [0.3, 0.4) is 0 Å². The first-order valence-electron chi connectivity index (χ1n) is 4.35. The van der Waals surface area contributed by atoms with Crippen molar-refractivity contribution in [3.8, 4) is 0 Å². The van der Waals surface area contributed by atoms with Crippen molar-refractivity contribution in [1.29, 1.82) is 0 Å². The summed E-state index contributed by atoms with van der Waals surface area (Å²) in [4.78, 5) is 0. The van der Waals surface area contributed by atoms with Crippen molar-refractivity contribution >= 4 is 0 Å². The second-order valence-electron chi connectivity index (χ2n) is 3.36. The number of hydrogen-bond acceptors (Lipinski definition) is 2. The van der Waals surface area contributed by atoms with Crippen molar-refractivity contribution in [3.63, 3.8) is 0 Å². The van der Waals surface area contributed by atoms with E-state index in [4.69, 9.17) is 10.5 Å². The first-order valence-corrected chi connectivity index (χ1v) is 4.35. The van der Waals surface area contributed by atoms with E-state index < -0.39 is 0 Å². The Morgan fingerprint density at radius 1 is 1.46 bits per heavy atom. The molecule has 0 radical (unpaired) electrons. The Balaban J connectivity index is 2.50. The van der Waals surface area contributed by atoms with Gasteiger partial charge in [-0.15, -0.1) is 0 Å². The average Bonchev–Trinajstić information content (AvgIpc) is 2.12. The van der Waals surface area contributed by atoms with Crippen LogP contribution in [0.25, 0.3) is 0 Å². The predicted octanol–water partition coefficient (Wildman–Crippen LogP) is 1.92. The predicted molar refractivity (Wildman–Crippen MR) is 47.7 cm³/mol. The molecule has 0 fully saturated rings. The molecule has 1 aliphatic rings. The first kappa shape index (κ1) is 8.66. The highest BCUT2D eigenvalue weighted by Gasteiger charge is 2.22. The molecule has 3 heteroatoms. The van der Waals surface area contributed by atoms with Crippen LogP contribution in [0.4, 0.5) is 4.39 Å². The van der Waals surface area contributed by atoms with Crippen LogP contribution in [0.1, 0.15) is 30.2 Å². The van der Waals surface area contributed by atoms with Crippen LogP contribution in [0.15, 0.2) is 18.2 Å². The first-order chi connectivity index (χ1) is 6.18. The van der Waals surface area contributed by atoms with Gasteiger partial charge in [-0.25, -0.2) is 4.39 Å². The number of nitrogens with two attached hydrogens (primary N) is 1. The zero-order valence-corrected chi connectivity index (χ0v) is 7.46. The molecule has 0 saturated carbocycles. The van der Waals surface area contributed by atoms with Gasteiger partial charge in [0.15, 0.2) is 0 Å². The molecule has 2 N–H and O–H groups in total. The Bertz CT molecular complexity index is 327. The molecule has 1 aromatic carbocycles. The number of fused-ring (bicyclic) bond motifs is 1. The Hall–Kier alpha value is -0.930. The molecule has 1 aromatic rings. The maximum absolute atomic E-state index is 12.9. The van der Waals surface area contributed by atoms with Crippen LogP contribution in [0, 0.1) is 5.82 Å². The van der Waals surface area contributed by atoms with Gasteiger partial charge >= 0.3 is 0 Å². The molecule has 2 rings (SSSR count). The van der Waals surface area contributed by atoms with E-state index in [2.05, 4.69) is 0 Å². The standard InChI is InChI=1S/C10H12FNO/c1-6-8-3-2-7(11)4-9(8)10(12)5-13-6/h2-4,6,10H,5,12H2,1H3/t6-,10-/m1/s1. The maximum Gasteiger partial charge on any atom is 0.123 e. The summed E-state index contributed by atoms with van der Waals surface area (Å²) in [6, 6.07) is 4.49. The minimum absolute atomic E-state index is 0.0235. The van der Waals surface area contributed by atoms with Gasteiger partial charge in [0.05, 0.1) is 18.8 Å². The lowest BCUT2D eigenvalue weighted by Crippen LogP contribution is -2.25. The van der Waals surface area contributed by atoms with E-state index in [0.717, 1.165) is 11.1 Å². The Morgan fingerprint density at radius 3 is 3.00 bits per heavy atom. The van der Waals surface area contributed by atoms with E-state index in [-0.39, 0.29) is 18.0 Å². The molecule has 70 valence electrons. The van der Waals surface area contributed by atoms with Crippen LogP contribution in [-0.4, -0.2) is 6.61 Å². The van der Waals surface area contributed by atoms with Crippen molar-refractivity contribution in [2.24, 2.45) is 5.73 Å². The summed E-state index contributed by atoms with van der Waals surface area (Å²) < 4.78 is 18.3. The number of benzene rings is 1. The van der Waals surface area contributed by atoms with Gasteiger partial charge in [0.1, 0.15) is 5.82 Å². The summed E-state index contributed by atoms with van der Waals surface area (Å²) in [7, 11) is 0. The van der Waals surface area contributed by atoms with Gasteiger partial charge in [0.25, 0.3) is 0 Å². The topological polar surface area (TPSA) is 35.2 Å². The van der Waals surface area contributed by atoms with E-state index in [1.54, 1.807) is 6.07 Å². The molecule has 0 aliphatic carbocycles. The third-order valence-corrected chi connectivity index (χ3v) is 2.41. The highest BCUT2D eigenvalue weighted by Crippen LogP contribution is 2.31. The highest BCUT2D eigenvalue weighted by molar-refractivity contribution is 5.33. The fraction of sp³-hybridized carbons (Fsp3) is 0.400. The van der Waals surface area contributed by atoms with Crippen LogP contribution in [0.5, 0.6) is 0 Å². The zero-order valence-electron chi connectivity index (χ0n) is 7.46. The van der Waals surface area contributed by atoms with Gasteiger partial charge in [0.2, 0.25) is 0 Å². The number of hydrogen-bond donors (Lipinski definition) is 1. The van der Waals surface area contributed by atoms with Gasteiger partial charge in [-0.1, -0.05) is 6.07 Å². The highest BCUT2D eigenvalue weighted by atomic mass is 19.1. The lowest BCUT2D eigenvalue weighted by molar-refractivity contribution is 0.0406. The largest absolute Gasteiger partial charge is 0.372 e. The van der Waals surface area contributed by atoms with Crippen molar-refractivity contribution in [2.75, 3.05) is 6.61 Å². The second kappa shape index (κ2) is 3.09. The van der Waals surface area contributed by atoms with Gasteiger partial charge in [-0.05, 0) is 30.2 Å². The molecule has 0 aromatic heterocycles. The van der Waals surface area contributed by atoms with Crippen LogP contribution >= 0.6 is 0 Å². The summed E-state index contributed by atoms with van der Waals surface area (Å²) in [5, 5.41) is 0. The quantitative estimate of drug-likeness (QED) is 0.663. The summed E-state index contributed by atoms with van der Waals surface area (Å²) in [6.07, 6.45) is 0.0235. The molecule has 0 amide bonds. The molecular formula is C10H12FNO. The SMILES string of the molecule is C[C@H]1OC[C@@H](N)c2cc(F)ccc21. The molecule has 0 spiro atoms. The number of halogens is 1. The van der Waals surface area contributed by atoms with Crippen molar-refractivity contribution < 1.29 is 9.13 Å². The summed E-state index contributed by atoms with van der Waals surface area (Å²) in [6.45, 7) is 2.42. The normalized spacial score (nSPS) is 27.0. The second-order valence-corrected chi connectivity index (χ2v) is 3.36. The van der Waals surface area contributed by atoms with Gasteiger partial charge in [-0.3, -0.25) is 0 Å². The van der Waals surface area contributed by atoms with Crippen molar-refractivity contribution in [3.05, 3.63) is 35.1 Å². The lowest BCUT2D eigenvalue weighted by atomic mass is 9.95. The minimum Gasteiger partial charge on any atom is -0.372 e. The van der Waals surface area contributed by atoms with E-state index in [9.17, 15) is 4.39 Å². The average molecular weight is 181 g/mol. The summed E-state index contributed by atoms with van der Waals surface area (Å²) >= 11 is 0. The smallest absolute Gasteiger partial charge is 0.123 e. The van der Waals surface area contributed by atoms with Crippen LogP contribution in [-0.2, 0) is 4.74 Å². The van der Waals surface area contributed by atoms with E-state index in [0.29, 0.717) is 6.61 Å². The molecule has 13 heavy (non-hydrogen) atoms. The Kier molecular flexibility index (Phi) is 2.06. The summed E-state index contributed by atoms with van der Waals surface area (Å²) in [5.74, 6) is -0.233. The van der Waals surface area contributed by atoms with Crippen LogP contribution < -0.4 is 5.73 Å². The van der Waals surface area contributed by atoms with Gasteiger partial charge in [0, 0.05) is 0 Å².